The van der Waals surface area contributed by atoms with Crippen LogP contribution in [0.15, 0.2) is 24.3 Å². The topological polar surface area (TPSA) is 70.3 Å². The lowest BCUT2D eigenvalue weighted by Crippen LogP contribution is -2.05. The Morgan fingerprint density at radius 3 is 2.53 bits per heavy atom. The zero-order valence-corrected chi connectivity index (χ0v) is 11.3. The highest BCUT2D eigenvalue weighted by molar-refractivity contribution is 5.69. The lowest BCUT2D eigenvalue weighted by molar-refractivity contribution is 0.404. The molecule has 0 aliphatic rings. The maximum absolute atomic E-state index is 5.61. The van der Waals surface area contributed by atoms with Crippen molar-refractivity contribution >= 4 is 0 Å². The van der Waals surface area contributed by atoms with E-state index in [4.69, 9.17) is 15.2 Å². The summed E-state index contributed by atoms with van der Waals surface area (Å²) >= 11 is 0. The van der Waals surface area contributed by atoms with Gasteiger partial charge < -0.3 is 15.2 Å². The molecule has 0 atom stereocenters. The second-order valence-corrected chi connectivity index (χ2v) is 4.08. The first kappa shape index (κ1) is 13.3. The molecule has 2 rings (SSSR count). The van der Waals surface area contributed by atoms with Crippen LogP contribution in [0.5, 0.6) is 11.5 Å². The van der Waals surface area contributed by atoms with E-state index in [0.717, 1.165) is 28.5 Å². The Labute approximate surface area is 112 Å². The summed E-state index contributed by atoms with van der Waals surface area (Å²) < 4.78 is 10.6. The molecule has 1 heterocycles. The molecular formula is C14H17N3O2. The van der Waals surface area contributed by atoms with E-state index in [0.29, 0.717) is 12.4 Å². The van der Waals surface area contributed by atoms with Gasteiger partial charge in [0.25, 0.3) is 0 Å². The Balaban J connectivity index is 2.59. The van der Waals surface area contributed by atoms with Crippen molar-refractivity contribution in [2.24, 2.45) is 5.73 Å². The lowest BCUT2D eigenvalue weighted by Gasteiger charge is -2.11. The van der Waals surface area contributed by atoms with Gasteiger partial charge in [-0.25, -0.2) is 9.97 Å². The summed E-state index contributed by atoms with van der Waals surface area (Å²) in [6, 6.07) is 7.49. The smallest absolute Gasteiger partial charge is 0.142 e. The Bertz CT molecular complexity index is 585. The highest BCUT2D eigenvalue weighted by Crippen LogP contribution is 2.32. The van der Waals surface area contributed by atoms with Gasteiger partial charge in [0.2, 0.25) is 0 Å². The third-order valence-corrected chi connectivity index (χ3v) is 2.77. The highest BCUT2D eigenvalue weighted by Gasteiger charge is 2.11. The third-order valence-electron chi connectivity index (χ3n) is 2.77. The summed E-state index contributed by atoms with van der Waals surface area (Å²) in [5, 5.41) is 0. The van der Waals surface area contributed by atoms with Gasteiger partial charge in [-0.2, -0.15) is 0 Å². The molecule has 1 aromatic carbocycles. The molecule has 5 heteroatoms. The number of nitrogens with two attached hydrogens (primary N) is 1. The molecule has 0 spiro atoms. The van der Waals surface area contributed by atoms with Gasteiger partial charge in [-0.3, -0.25) is 0 Å². The van der Waals surface area contributed by atoms with Crippen LogP contribution in [0.4, 0.5) is 0 Å². The summed E-state index contributed by atoms with van der Waals surface area (Å²) in [7, 11) is 3.26. The maximum Gasteiger partial charge on any atom is 0.142 e. The van der Waals surface area contributed by atoms with Crippen LogP contribution >= 0.6 is 0 Å². The molecule has 0 radical (unpaired) electrons. The number of hydrogen-bond donors (Lipinski definition) is 1. The molecule has 0 bridgehead atoms. The number of aryl methyl sites for hydroxylation is 1. The van der Waals surface area contributed by atoms with E-state index in [1.807, 2.05) is 31.2 Å². The Morgan fingerprint density at radius 2 is 1.89 bits per heavy atom. The van der Waals surface area contributed by atoms with Crippen LogP contribution in [0.3, 0.4) is 0 Å². The largest absolute Gasteiger partial charge is 0.497 e. The van der Waals surface area contributed by atoms with Crippen molar-refractivity contribution in [3.8, 4) is 22.8 Å². The van der Waals surface area contributed by atoms with Crippen molar-refractivity contribution < 1.29 is 9.47 Å². The van der Waals surface area contributed by atoms with Gasteiger partial charge in [0.1, 0.15) is 17.3 Å². The summed E-state index contributed by atoms with van der Waals surface area (Å²) in [5.74, 6) is 2.10. The average molecular weight is 259 g/mol. The van der Waals surface area contributed by atoms with Crippen molar-refractivity contribution in [1.29, 1.82) is 0 Å². The molecule has 0 aliphatic heterocycles. The lowest BCUT2D eigenvalue weighted by atomic mass is 10.1. The quantitative estimate of drug-likeness (QED) is 0.908. The molecule has 5 nitrogen and oxygen atoms in total. The minimum atomic E-state index is 0.307. The van der Waals surface area contributed by atoms with Gasteiger partial charge in [0.05, 0.1) is 26.5 Å². The first-order valence-electron chi connectivity index (χ1n) is 5.95. The zero-order chi connectivity index (χ0) is 13.8. The number of nitrogens with zero attached hydrogens (tertiary/aromatic N) is 2. The number of benzene rings is 1. The molecule has 0 amide bonds. The van der Waals surface area contributed by atoms with Crippen molar-refractivity contribution in [2.75, 3.05) is 14.2 Å². The molecule has 2 N–H and O–H groups in total. The average Bonchev–Trinajstić information content (AvgIpc) is 2.45. The van der Waals surface area contributed by atoms with Crippen LogP contribution in [-0.4, -0.2) is 24.2 Å². The van der Waals surface area contributed by atoms with Crippen molar-refractivity contribution in [1.82, 2.24) is 9.97 Å². The van der Waals surface area contributed by atoms with Crippen molar-refractivity contribution in [2.45, 2.75) is 13.5 Å². The van der Waals surface area contributed by atoms with Gasteiger partial charge in [-0.05, 0) is 31.2 Å². The minimum Gasteiger partial charge on any atom is -0.497 e. The highest BCUT2D eigenvalue weighted by atomic mass is 16.5. The summed E-state index contributed by atoms with van der Waals surface area (Å²) in [4.78, 5) is 8.70. The summed E-state index contributed by atoms with van der Waals surface area (Å²) in [6.45, 7) is 2.22. The maximum atomic E-state index is 5.61. The number of hydrogen-bond acceptors (Lipinski definition) is 5. The number of methoxy groups -OCH3 is 2. The molecule has 0 saturated carbocycles. The molecule has 2 aromatic rings. The SMILES string of the molecule is COc1ccc(OC)c(-c2cc(C)nc(CN)n2)c1. The molecule has 0 aliphatic carbocycles. The molecule has 0 saturated heterocycles. The Hall–Kier alpha value is -2.14. The van der Waals surface area contributed by atoms with E-state index in [9.17, 15) is 0 Å². The Kier molecular flexibility index (Phi) is 3.97. The predicted octanol–water partition coefficient (Wildman–Crippen LogP) is 1.93. The summed E-state index contributed by atoms with van der Waals surface area (Å²) in [6.07, 6.45) is 0. The molecular weight excluding hydrogens is 242 g/mol. The fourth-order valence-electron chi connectivity index (χ4n) is 1.87. The van der Waals surface area contributed by atoms with Gasteiger partial charge in [-0.1, -0.05) is 0 Å². The standard InChI is InChI=1S/C14H17N3O2/c1-9-6-12(17-14(8-15)16-9)11-7-10(18-2)4-5-13(11)19-3/h4-7H,8,15H2,1-3H3. The predicted molar refractivity (Wildman–Crippen MR) is 73.2 cm³/mol. The third kappa shape index (κ3) is 2.82. The van der Waals surface area contributed by atoms with Crippen LogP contribution < -0.4 is 15.2 Å². The van der Waals surface area contributed by atoms with E-state index in [-0.39, 0.29) is 0 Å². The van der Waals surface area contributed by atoms with E-state index in [2.05, 4.69) is 9.97 Å². The van der Waals surface area contributed by atoms with Gasteiger partial charge in [0.15, 0.2) is 0 Å². The number of aromatic nitrogens is 2. The van der Waals surface area contributed by atoms with Crippen LogP contribution in [0.25, 0.3) is 11.3 Å². The monoisotopic (exact) mass is 259 g/mol. The molecule has 1 aromatic heterocycles. The minimum absolute atomic E-state index is 0.307. The number of ether oxygens (including phenoxy) is 2. The molecule has 0 fully saturated rings. The van der Waals surface area contributed by atoms with Crippen molar-refractivity contribution in [3.63, 3.8) is 0 Å². The van der Waals surface area contributed by atoms with Crippen molar-refractivity contribution in [3.05, 3.63) is 35.8 Å². The van der Waals surface area contributed by atoms with Crippen LogP contribution in [0.2, 0.25) is 0 Å². The van der Waals surface area contributed by atoms with Gasteiger partial charge in [0, 0.05) is 11.3 Å². The van der Waals surface area contributed by atoms with Gasteiger partial charge >= 0.3 is 0 Å². The molecule has 19 heavy (non-hydrogen) atoms. The number of rotatable bonds is 4. The van der Waals surface area contributed by atoms with E-state index in [1.165, 1.54) is 0 Å². The fraction of sp³-hybridized carbons (Fsp3) is 0.286. The van der Waals surface area contributed by atoms with Crippen LogP contribution in [0.1, 0.15) is 11.5 Å². The fourth-order valence-corrected chi connectivity index (χ4v) is 1.87. The molecule has 0 unspecified atom stereocenters. The zero-order valence-electron chi connectivity index (χ0n) is 11.3. The first-order chi connectivity index (χ1) is 9.17. The van der Waals surface area contributed by atoms with E-state index < -0.39 is 0 Å². The van der Waals surface area contributed by atoms with E-state index >= 15 is 0 Å². The van der Waals surface area contributed by atoms with Crippen LogP contribution in [-0.2, 0) is 6.54 Å². The second-order valence-electron chi connectivity index (χ2n) is 4.08. The van der Waals surface area contributed by atoms with E-state index in [1.54, 1.807) is 14.2 Å². The first-order valence-corrected chi connectivity index (χ1v) is 5.95. The Morgan fingerprint density at radius 1 is 1.11 bits per heavy atom. The normalized spacial score (nSPS) is 10.3. The van der Waals surface area contributed by atoms with Crippen LogP contribution in [0, 0.1) is 6.92 Å². The van der Waals surface area contributed by atoms with Gasteiger partial charge in [-0.15, -0.1) is 0 Å². The summed E-state index contributed by atoms with van der Waals surface area (Å²) in [5.41, 5.74) is 8.13. The second kappa shape index (κ2) is 5.67. The molecule has 100 valence electrons.